The first kappa shape index (κ1) is 35.4. The number of aliphatic carboxylic acids is 2. The number of rotatable bonds is 10. The van der Waals surface area contributed by atoms with Crippen LogP contribution in [0.15, 0.2) is 24.3 Å². The van der Waals surface area contributed by atoms with Crippen LogP contribution in [0, 0.1) is 5.41 Å². The summed E-state index contributed by atoms with van der Waals surface area (Å²) in [5, 5.41) is 27.4. The van der Waals surface area contributed by atoms with Gasteiger partial charge in [-0.2, -0.15) is 13.2 Å². The predicted octanol–water partition coefficient (Wildman–Crippen LogP) is 3.87. The van der Waals surface area contributed by atoms with Gasteiger partial charge in [0.25, 0.3) is 5.91 Å². The van der Waals surface area contributed by atoms with Crippen molar-refractivity contribution in [1.29, 1.82) is 5.41 Å². The van der Waals surface area contributed by atoms with E-state index >= 15 is 0 Å². The molecule has 3 rings (SSSR count). The summed E-state index contributed by atoms with van der Waals surface area (Å²) < 4.78 is 48.4. The van der Waals surface area contributed by atoms with Gasteiger partial charge >= 0.3 is 18.1 Å². The second-order valence-electron chi connectivity index (χ2n) is 10.4. The van der Waals surface area contributed by atoms with Crippen molar-refractivity contribution in [3.63, 3.8) is 0 Å². The molecule has 0 aliphatic carbocycles. The van der Waals surface area contributed by atoms with Gasteiger partial charge in [0, 0.05) is 30.3 Å². The molecule has 2 aromatic carbocycles. The average Bonchev–Trinajstić information content (AvgIpc) is 3.23. The molecule has 2 aromatic rings. The molecule has 0 aromatic heterocycles. The Bertz CT molecular complexity index is 1450. The Morgan fingerprint density at radius 1 is 1.02 bits per heavy atom. The van der Waals surface area contributed by atoms with Crippen LogP contribution in [-0.4, -0.2) is 84.7 Å². The topological polar surface area (TPSA) is 176 Å². The summed E-state index contributed by atoms with van der Waals surface area (Å²) in [5.41, 5.74) is 2.21. The molecule has 4 N–H and O–H groups in total. The van der Waals surface area contributed by atoms with Gasteiger partial charge in [-0.1, -0.05) is 20.8 Å². The highest BCUT2D eigenvalue weighted by Crippen LogP contribution is 2.40. The molecule has 0 saturated heterocycles. The quantitative estimate of drug-likeness (QED) is 0.284. The maximum Gasteiger partial charge on any atom is 0.490 e. The van der Waals surface area contributed by atoms with Gasteiger partial charge in [-0.3, -0.25) is 15.0 Å². The number of ketones is 1. The smallest absolute Gasteiger partial charge is 0.490 e. The standard InChI is InChI=1S/C27H33N3O7.C2HF3O2/c1-7-36-21-10-16-12-30(25(28)17(16)11-18(21)26(34)29-5)13-20(31)15-8-19(27(2,3)4)24(22(9-15)35-6)37-14-23(32)33;3-2(4,5)1(6)7/h8-11,28H,7,12-14H2,1-6H3,(H,29,34)(H,32,33);(H,6,7). The van der Waals surface area contributed by atoms with E-state index in [0.717, 1.165) is 5.56 Å². The lowest BCUT2D eigenvalue weighted by Crippen LogP contribution is -2.30. The van der Waals surface area contributed by atoms with Crippen molar-refractivity contribution in [3.05, 3.63) is 52.1 Å². The van der Waals surface area contributed by atoms with E-state index in [4.69, 9.17) is 34.6 Å². The van der Waals surface area contributed by atoms with Crippen LogP contribution < -0.4 is 19.5 Å². The van der Waals surface area contributed by atoms with Crippen LogP contribution in [0.5, 0.6) is 17.2 Å². The van der Waals surface area contributed by atoms with E-state index in [1.165, 1.54) is 20.2 Å². The first-order valence-corrected chi connectivity index (χ1v) is 13.1. The number of carboxylic acid groups (broad SMARTS) is 2. The molecule has 15 heteroatoms. The number of carbonyl (C=O) groups excluding carboxylic acids is 2. The van der Waals surface area contributed by atoms with E-state index < -0.39 is 30.1 Å². The second kappa shape index (κ2) is 14.1. The van der Waals surface area contributed by atoms with Gasteiger partial charge < -0.3 is 34.6 Å². The van der Waals surface area contributed by atoms with Crippen molar-refractivity contribution in [2.75, 3.05) is 33.9 Å². The average molecular weight is 626 g/mol. The van der Waals surface area contributed by atoms with E-state index in [1.807, 2.05) is 27.7 Å². The van der Waals surface area contributed by atoms with E-state index in [-0.39, 0.29) is 35.6 Å². The van der Waals surface area contributed by atoms with Crippen molar-refractivity contribution in [2.24, 2.45) is 0 Å². The Morgan fingerprint density at radius 3 is 2.11 bits per heavy atom. The van der Waals surface area contributed by atoms with Crippen molar-refractivity contribution < 1.29 is 56.8 Å². The van der Waals surface area contributed by atoms with Gasteiger partial charge in [0.2, 0.25) is 0 Å². The number of hydrogen-bond donors (Lipinski definition) is 4. The molecular formula is C29H34F3N3O9. The number of hydrogen-bond acceptors (Lipinski definition) is 8. The molecule has 0 atom stereocenters. The summed E-state index contributed by atoms with van der Waals surface area (Å²) in [5.74, 6) is -3.34. The van der Waals surface area contributed by atoms with Crippen LogP contribution >= 0.6 is 0 Å². The van der Waals surface area contributed by atoms with Gasteiger partial charge in [0.15, 0.2) is 23.9 Å². The molecule has 1 aliphatic rings. The fraction of sp³-hybridized carbons (Fsp3) is 0.414. The summed E-state index contributed by atoms with van der Waals surface area (Å²) in [6, 6.07) is 6.59. The van der Waals surface area contributed by atoms with E-state index in [2.05, 4.69) is 5.32 Å². The minimum absolute atomic E-state index is 0.0745. The number of fused-ring (bicyclic) bond motifs is 1. The normalized spacial score (nSPS) is 12.5. The number of carbonyl (C=O) groups is 4. The van der Waals surface area contributed by atoms with Crippen LogP contribution in [0.1, 0.15) is 65.1 Å². The highest BCUT2D eigenvalue weighted by Gasteiger charge is 2.38. The minimum atomic E-state index is -5.08. The molecule has 0 radical (unpaired) electrons. The molecule has 1 aliphatic heterocycles. The number of nitrogens with zero attached hydrogens (tertiary/aromatic N) is 1. The Balaban J connectivity index is 0.000000860. The number of benzene rings is 2. The zero-order valence-corrected chi connectivity index (χ0v) is 25.0. The zero-order chi connectivity index (χ0) is 33.6. The monoisotopic (exact) mass is 625 g/mol. The van der Waals surface area contributed by atoms with Crippen LogP contribution in [-0.2, 0) is 21.5 Å². The molecule has 0 unspecified atom stereocenters. The van der Waals surface area contributed by atoms with Gasteiger partial charge in [0.1, 0.15) is 11.6 Å². The maximum absolute atomic E-state index is 13.4. The molecular weight excluding hydrogens is 591 g/mol. The predicted molar refractivity (Wildman–Crippen MR) is 151 cm³/mol. The molecule has 12 nitrogen and oxygen atoms in total. The maximum atomic E-state index is 13.4. The fourth-order valence-electron chi connectivity index (χ4n) is 4.17. The highest BCUT2D eigenvalue weighted by molar-refractivity contribution is 6.07. The Kier molecular flexibility index (Phi) is 11.3. The molecule has 1 heterocycles. The van der Waals surface area contributed by atoms with Gasteiger partial charge in [0.05, 0.1) is 25.8 Å². The lowest BCUT2D eigenvalue weighted by atomic mass is 9.84. The number of alkyl halides is 3. The highest BCUT2D eigenvalue weighted by atomic mass is 19.4. The molecule has 240 valence electrons. The zero-order valence-electron chi connectivity index (χ0n) is 25.0. The Hall–Kier alpha value is -4.82. The molecule has 1 amide bonds. The van der Waals surface area contributed by atoms with Crippen molar-refractivity contribution in [2.45, 2.75) is 45.8 Å². The van der Waals surface area contributed by atoms with Crippen molar-refractivity contribution >= 4 is 29.5 Å². The van der Waals surface area contributed by atoms with E-state index in [1.54, 1.807) is 23.1 Å². The summed E-state index contributed by atoms with van der Waals surface area (Å²) in [6.07, 6.45) is -5.08. The molecule has 0 fully saturated rings. The number of amides is 1. The number of halogens is 3. The third-order valence-electron chi connectivity index (χ3n) is 6.23. The first-order chi connectivity index (χ1) is 20.3. The first-order valence-electron chi connectivity index (χ1n) is 13.1. The SMILES string of the molecule is CCOc1cc2c(cc1C(=O)NC)C(=N)N(CC(=O)c1cc(OC)c(OCC(=O)O)c(C(C)(C)C)c1)C2.O=C(O)C(F)(F)F. The lowest BCUT2D eigenvalue weighted by molar-refractivity contribution is -0.192. The number of nitrogens with one attached hydrogen (secondary N) is 2. The summed E-state index contributed by atoms with van der Waals surface area (Å²) in [6.45, 7) is 7.69. The van der Waals surface area contributed by atoms with Gasteiger partial charge in [-0.25, -0.2) is 9.59 Å². The third kappa shape index (κ3) is 8.61. The Morgan fingerprint density at radius 2 is 1.64 bits per heavy atom. The van der Waals surface area contributed by atoms with Crippen LogP contribution in [0.2, 0.25) is 0 Å². The van der Waals surface area contributed by atoms with E-state index in [9.17, 15) is 27.6 Å². The third-order valence-corrected chi connectivity index (χ3v) is 6.23. The number of ether oxygens (including phenoxy) is 3. The summed E-state index contributed by atoms with van der Waals surface area (Å²) in [7, 11) is 2.95. The molecule has 44 heavy (non-hydrogen) atoms. The number of methoxy groups -OCH3 is 1. The van der Waals surface area contributed by atoms with Crippen molar-refractivity contribution in [3.8, 4) is 17.2 Å². The minimum Gasteiger partial charge on any atom is -0.493 e. The summed E-state index contributed by atoms with van der Waals surface area (Å²) >= 11 is 0. The summed E-state index contributed by atoms with van der Waals surface area (Å²) in [4.78, 5) is 47.4. The largest absolute Gasteiger partial charge is 0.493 e. The van der Waals surface area contributed by atoms with E-state index in [0.29, 0.717) is 41.2 Å². The molecule has 0 spiro atoms. The number of carboxylic acids is 2. The number of amidine groups is 1. The second-order valence-corrected chi connectivity index (χ2v) is 10.4. The van der Waals surface area contributed by atoms with Crippen LogP contribution in [0.4, 0.5) is 13.2 Å². The van der Waals surface area contributed by atoms with Crippen LogP contribution in [0.3, 0.4) is 0 Å². The molecule has 0 saturated carbocycles. The lowest BCUT2D eigenvalue weighted by Gasteiger charge is -2.25. The van der Waals surface area contributed by atoms with Crippen LogP contribution in [0.25, 0.3) is 0 Å². The fourth-order valence-corrected chi connectivity index (χ4v) is 4.17. The van der Waals surface area contributed by atoms with Crippen molar-refractivity contribution in [1.82, 2.24) is 10.2 Å². The number of Topliss-reactive ketones (excluding diaryl/α,β-unsaturated/α-hetero) is 1. The molecule has 0 bridgehead atoms. The van der Waals surface area contributed by atoms with Gasteiger partial charge in [-0.05, 0) is 42.2 Å². The van der Waals surface area contributed by atoms with Gasteiger partial charge in [-0.15, -0.1) is 0 Å². The Labute approximate surface area is 251 Å².